The van der Waals surface area contributed by atoms with Crippen molar-refractivity contribution in [2.45, 2.75) is 6.92 Å². The highest BCUT2D eigenvalue weighted by Crippen LogP contribution is 2.22. The number of amides is 1. The number of anilines is 1. The molecule has 5 heteroatoms. The number of rotatable bonds is 6. The summed E-state index contributed by atoms with van der Waals surface area (Å²) in [7, 11) is 1.59. The fourth-order valence-electron chi connectivity index (χ4n) is 1.93. The van der Waals surface area contributed by atoms with Crippen LogP contribution in [-0.4, -0.2) is 25.8 Å². The summed E-state index contributed by atoms with van der Waals surface area (Å²) in [6.07, 6.45) is 1.62. The Morgan fingerprint density at radius 2 is 2.05 bits per heavy atom. The molecule has 2 aromatic carbocycles. The molecule has 114 valence electrons. The fourth-order valence-corrected chi connectivity index (χ4v) is 1.93. The van der Waals surface area contributed by atoms with Crippen LogP contribution in [0.4, 0.5) is 5.69 Å². The van der Waals surface area contributed by atoms with E-state index in [0.29, 0.717) is 5.75 Å². The smallest absolute Gasteiger partial charge is 0.259 e. The Balaban J connectivity index is 1.83. The van der Waals surface area contributed by atoms with E-state index in [4.69, 9.17) is 4.74 Å². The van der Waals surface area contributed by atoms with Gasteiger partial charge in [0.1, 0.15) is 5.75 Å². The highest BCUT2D eigenvalue weighted by molar-refractivity contribution is 5.84. The predicted molar refractivity (Wildman–Crippen MR) is 88.4 cm³/mol. The molecule has 0 bridgehead atoms. The van der Waals surface area contributed by atoms with Crippen molar-refractivity contribution in [3.05, 3.63) is 59.7 Å². The number of carbonyl (C=O) groups excluding carboxylic acids is 1. The molecule has 0 fully saturated rings. The van der Waals surface area contributed by atoms with Gasteiger partial charge in [-0.25, -0.2) is 5.43 Å². The number of para-hydroxylation sites is 2. The van der Waals surface area contributed by atoms with Crippen LogP contribution < -0.4 is 15.5 Å². The van der Waals surface area contributed by atoms with Crippen molar-refractivity contribution >= 4 is 17.8 Å². The van der Waals surface area contributed by atoms with Crippen molar-refractivity contribution < 1.29 is 9.53 Å². The maximum atomic E-state index is 11.7. The molecule has 0 aliphatic rings. The highest BCUT2D eigenvalue weighted by atomic mass is 16.5. The minimum Gasteiger partial charge on any atom is -0.495 e. The Morgan fingerprint density at radius 3 is 2.82 bits per heavy atom. The van der Waals surface area contributed by atoms with E-state index in [1.54, 1.807) is 13.3 Å². The van der Waals surface area contributed by atoms with E-state index in [1.807, 2.05) is 55.5 Å². The Labute approximate surface area is 130 Å². The predicted octanol–water partition coefficient (Wildman–Crippen LogP) is 2.57. The zero-order chi connectivity index (χ0) is 15.8. The zero-order valence-electron chi connectivity index (χ0n) is 12.7. The third kappa shape index (κ3) is 4.63. The van der Waals surface area contributed by atoms with E-state index in [9.17, 15) is 4.79 Å². The number of nitrogens with zero attached hydrogens (tertiary/aromatic N) is 1. The normalized spacial score (nSPS) is 10.5. The number of aryl methyl sites for hydroxylation is 1. The van der Waals surface area contributed by atoms with Crippen molar-refractivity contribution in [1.82, 2.24) is 5.43 Å². The van der Waals surface area contributed by atoms with Crippen LogP contribution in [-0.2, 0) is 4.79 Å². The van der Waals surface area contributed by atoms with Gasteiger partial charge in [0, 0.05) is 0 Å². The Morgan fingerprint density at radius 1 is 1.23 bits per heavy atom. The molecular weight excluding hydrogens is 278 g/mol. The molecule has 0 aliphatic heterocycles. The zero-order valence-corrected chi connectivity index (χ0v) is 12.7. The molecule has 0 saturated heterocycles. The molecule has 2 aromatic rings. The summed E-state index contributed by atoms with van der Waals surface area (Å²) in [6.45, 7) is 2.12. The first kappa shape index (κ1) is 15.6. The summed E-state index contributed by atoms with van der Waals surface area (Å²) in [5, 5.41) is 6.95. The van der Waals surface area contributed by atoms with Crippen LogP contribution in [0.25, 0.3) is 0 Å². The van der Waals surface area contributed by atoms with Gasteiger partial charge in [-0.2, -0.15) is 5.10 Å². The van der Waals surface area contributed by atoms with Crippen molar-refractivity contribution in [2.24, 2.45) is 5.10 Å². The summed E-state index contributed by atoms with van der Waals surface area (Å²) in [5.41, 5.74) is 5.34. The molecule has 1 amide bonds. The van der Waals surface area contributed by atoms with Gasteiger partial charge in [0.25, 0.3) is 5.91 Å². The molecule has 0 atom stereocenters. The average molecular weight is 297 g/mol. The minimum absolute atomic E-state index is 0.117. The summed E-state index contributed by atoms with van der Waals surface area (Å²) >= 11 is 0. The SMILES string of the molecule is COc1ccccc1NCC(=O)N/N=C\c1cccc(C)c1. The highest BCUT2D eigenvalue weighted by Gasteiger charge is 2.03. The first-order chi connectivity index (χ1) is 10.7. The Hall–Kier alpha value is -2.82. The van der Waals surface area contributed by atoms with Gasteiger partial charge in [0.05, 0.1) is 25.6 Å². The van der Waals surface area contributed by atoms with Crippen molar-refractivity contribution in [3.63, 3.8) is 0 Å². The number of hydrogen-bond acceptors (Lipinski definition) is 4. The molecule has 0 radical (unpaired) electrons. The monoisotopic (exact) mass is 297 g/mol. The molecule has 0 unspecified atom stereocenters. The van der Waals surface area contributed by atoms with E-state index in [-0.39, 0.29) is 12.5 Å². The molecule has 2 rings (SSSR count). The second-order valence-corrected chi connectivity index (χ2v) is 4.76. The van der Waals surface area contributed by atoms with Crippen LogP contribution in [0.3, 0.4) is 0 Å². The molecule has 0 heterocycles. The lowest BCUT2D eigenvalue weighted by Crippen LogP contribution is -2.26. The lowest BCUT2D eigenvalue weighted by atomic mass is 10.2. The van der Waals surface area contributed by atoms with Gasteiger partial charge < -0.3 is 10.1 Å². The van der Waals surface area contributed by atoms with Crippen molar-refractivity contribution in [3.8, 4) is 5.75 Å². The second-order valence-electron chi connectivity index (χ2n) is 4.76. The molecule has 5 nitrogen and oxygen atoms in total. The topological polar surface area (TPSA) is 62.7 Å². The van der Waals surface area contributed by atoms with Gasteiger partial charge in [-0.1, -0.05) is 42.0 Å². The molecule has 0 saturated carbocycles. The van der Waals surface area contributed by atoms with E-state index in [1.165, 1.54) is 0 Å². The molecule has 2 N–H and O–H groups in total. The van der Waals surface area contributed by atoms with E-state index >= 15 is 0 Å². The number of carbonyl (C=O) groups is 1. The molecule has 0 aliphatic carbocycles. The molecule has 0 aromatic heterocycles. The summed E-state index contributed by atoms with van der Waals surface area (Å²) < 4.78 is 5.20. The Bertz CT molecular complexity index is 668. The number of nitrogens with one attached hydrogen (secondary N) is 2. The number of hydrazone groups is 1. The largest absolute Gasteiger partial charge is 0.495 e. The maximum Gasteiger partial charge on any atom is 0.259 e. The quantitative estimate of drug-likeness (QED) is 0.636. The first-order valence-electron chi connectivity index (χ1n) is 6.94. The molecule has 22 heavy (non-hydrogen) atoms. The molecular formula is C17H19N3O2. The van der Waals surface area contributed by atoms with Gasteiger partial charge in [-0.15, -0.1) is 0 Å². The van der Waals surface area contributed by atoms with E-state index in [0.717, 1.165) is 16.8 Å². The lowest BCUT2D eigenvalue weighted by molar-refractivity contribution is -0.119. The van der Waals surface area contributed by atoms with Gasteiger partial charge in [-0.3, -0.25) is 4.79 Å². The fraction of sp³-hybridized carbons (Fsp3) is 0.176. The summed E-state index contributed by atoms with van der Waals surface area (Å²) in [4.78, 5) is 11.7. The van der Waals surface area contributed by atoms with Crippen LogP contribution in [0.15, 0.2) is 53.6 Å². The van der Waals surface area contributed by atoms with E-state index < -0.39 is 0 Å². The third-order valence-corrected chi connectivity index (χ3v) is 2.99. The molecule has 0 spiro atoms. The van der Waals surface area contributed by atoms with Gasteiger partial charge in [0.15, 0.2) is 0 Å². The van der Waals surface area contributed by atoms with Crippen LogP contribution in [0, 0.1) is 6.92 Å². The van der Waals surface area contributed by atoms with Crippen LogP contribution in [0.5, 0.6) is 5.75 Å². The summed E-state index contributed by atoms with van der Waals surface area (Å²) in [5.74, 6) is 0.466. The standard InChI is InChI=1S/C17H19N3O2/c1-13-6-5-7-14(10-13)11-19-20-17(21)12-18-15-8-3-4-9-16(15)22-2/h3-11,18H,12H2,1-2H3,(H,20,21)/b19-11-. The number of hydrogen-bond donors (Lipinski definition) is 2. The third-order valence-electron chi connectivity index (χ3n) is 2.99. The Kier molecular flexibility index (Phi) is 5.54. The summed E-state index contributed by atoms with van der Waals surface area (Å²) in [6, 6.07) is 15.3. The van der Waals surface area contributed by atoms with Crippen LogP contribution in [0.2, 0.25) is 0 Å². The minimum atomic E-state index is -0.227. The van der Waals surface area contributed by atoms with Crippen LogP contribution in [0.1, 0.15) is 11.1 Å². The van der Waals surface area contributed by atoms with Crippen molar-refractivity contribution in [1.29, 1.82) is 0 Å². The number of ether oxygens (including phenoxy) is 1. The van der Waals surface area contributed by atoms with Gasteiger partial charge in [0.2, 0.25) is 0 Å². The number of benzene rings is 2. The van der Waals surface area contributed by atoms with Gasteiger partial charge >= 0.3 is 0 Å². The number of methoxy groups -OCH3 is 1. The van der Waals surface area contributed by atoms with Crippen molar-refractivity contribution in [2.75, 3.05) is 19.0 Å². The second kappa shape index (κ2) is 7.83. The van der Waals surface area contributed by atoms with Crippen LogP contribution >= 0.6 is 0 Å². The average Bonchev–Trinajstić information content (AvgIpc) is 2.53. The first-order valence-corrected chi connectivity index (χ1v) is 6.94. The lowest BCUT2D eigenvalue weighted by Gasteiger charge is -2.09. The van der Waals surface area contributed by atoms with E-state index in [2.05, 4.69) is 15.8 Å². The van der Waals surface area contributed by atoms with Gasteiger partial charge in [-0.05, 0) is 24.6 Å². The maximum absolute atomic E-state index is 11.7.